The largest absolute Gasteiger partial charge is 0.509 e. The van der Waals surface area contributed by atoms with E-state index < -0.39 is 18.2 Å². The molecule has 0 fully saturated rings. The number of hydrogen-bond donors (Lipinski definition) is 0. The Kier molecular flexibility index (Phi) is 9.33. The van der Waals surface area contributed by atoms with Crippen LogP contribution in [0.15, 0.2) is 0 Å². The summed E-state index contributed by atoms with van der Waals surface area (Å²) in [5, 5.41) is -0.202. The highest BCUT2D eigenvalue weighted by Gasteiger charge is 2.34. The zero-order valence-electron chi connectivity index (χ0n) is 13.7. The van der Waals surface area contributed by atoms with Crippen molar-refractivity contribution in [3.63, 3.8) is 0 Å². The Bertz CT molecular complexity index is 365. The lowest BCUT2D eigenvalue weighted by atomic mass is 9.95. The maximum atomic E-state index is 12.3. The first-order valence-corrected chi connectivity index (χ1v) is 8.22. The summed E-state index contributed by atoms with van der Waals surface area (Å²) in [6.45, 7) is 11.0. The summed E-state index contributed by atoms with van der Waals surface area (Å²) in [5.41, 5.74) is 0. The molecule has 0 N–H and O–H groups in total. The average molecular weight is 318 g/mol. The third-order valence-electron chi connectivity index (χ3n) is 2.71. The molecule has 2 atom stereocenters. The molecule has 0 amide bonds. The lowest BCUT2D eigenvalue weighted by molar-refractivity contribution is -0.138. The molecule has 0 aliphatic heterocycles. The number of thioether (sulfide) groups is 1. The van der Waals surface area contributed by atoms with Crippen LogP contribution in [0.4, 0.5) is 4.79 Å². The second-order valence-corrected chi connectivity index (χ2v) is 6.88. The van der Waals surface area contributed by atoms with Crippen LogP contribution in [0.1, 0.15) is 41.5 Å². The minimum atomic E-state index is -0.957. The van der Waals surface area contributed by atoms with Crippen molar-refractivity contribution >= 4 is 28.8 Å². The Morgan fingerprint density at radius 1 is 1.05 bits per heavy atom. The molecule has 0 aliphatic rings. The molecule has 21 heavy (non-hydrogen) atoms. The van der Waals surface area contributed by atoms with Gasteiger partial charge >= 0.3 is 6.16 Å². The summed E-state index contributed by atoms with van der Waals surface area (Å²) >= 11 is 1.10. The predicted octanol–water partition coefficient (Wildman–Crippen LogP) is 3.31. The van der Waals surface area contributed by atoms with Crippen LogP contribution in [0.5, 0.6) is 0 Å². The van der Waals surface area contributed by atoms with Gasteiger partial charge in [-0.3, -0.25) is 9.59 Å². The van der Waals surface area contributed by atoms with Gasteiger partial charge in [-0.25, -0.2) is 4.79 Å². The van der Waals surface area contributed by atoms with Gasteiger partial charge in [-0.05, 0) is 24.5 Å². The third-order valence-corrected chi connectivity index (χ3v) is 3.64. The van der Waals surface area contributed by atoms with E-state index >= 15 is 0 Å². The predicted molar refractivity (Wildman–Crippen MR) is 83.2 cm³/mol. The van der Waals surface area contributed by atoms with Gasteiger partial charge in [0.2, 0.25) is 0 Å². The van der Waals surface area contributed by atoms with Gasteiger partial charge in [0.05, 0.1) is 12.5 Å². The second kappa shape index (κ2) is 9.82. The molecule has 0 radical (unpaired) electrons. The van der Waals surface area contributed by atoms with Gasteiger partial charge in [-0.15, -0.1) is 0 Å². The highest BCUT2D eigenvalue weighted by Crippen LogP contribution is 2.19. The molecule has 0 aromatic carbocycles. The molecular formula is C15H26O5S. The molecule has 0 aromatic heterocycles. The van der Waals surface area contributed by atoms with Gasteiger partial charge in [-0.1, -0.05) is 46.4 Å². The van der Waals surface area contributed by atoms with Crippen molar-refractivity contribution in [3.8, 4) is 0 Å². The molecule has 0 saturated heterocycles. The van der Waals surface area contributed by atoms with Crippen molar-refractivity contribution in [2.24, 2.45) is 17.8 Å². The molecule has 0 aliphatic carbocycles. The van der Waals surface area contributed by atoms with Crippen LogP contribution in [0.3, 0.4) is 0 Å². The van der Waals surface area contributed by atoms with Crippen LogP contribution >= 0.6 is 11.8 Å². The molecule has 6 heteroatoms. The Morgan fingerprint density at radius 2 is 1.62 bits per heavy atom. The summed E-state index contributed by atoms with van der Waals surface area (Å²) in [6.07, 6.45) is -1.82. The van der Waals surface area contributed by atoms with Crippen LogP contribution in [-0.2, 0) is 19.1 Å². The fraction of sp³-hybridized carbons (Fsp3) is 0.800. The summed E-state index contributed by atoms with van der Waals surface area (Å²) in [7, 11) is 0. The number of carbonyl (C=O) groups excluding carboxylic acids is 3. The van der Waals surface area contributed by atoms with E-state index in [1.807, 2.05) is 20.8 Å². The van der Waals surface area contributed by atoms with Gasteiger partial charge in [0.1, 0.15) is 0 Å². The molecule has 1 unspecified atom stereocenters. The van der Waals surface area contributed by atoms with Crippen LogP contribution < -0.4 is 0 Å². The zero-order chi connectivity index (χ0) is 16.6. The number of carbonyl (C=O) groups is 3. The minimum absolute atomic E-state index is 0.187. The maximum absolute atomic E-state index is 12.3. The monoisotopic (exact) mass is 318 g/mol. The van der Waals surface area contributed by atoms with E-state index in [1.54, 1.807) is 20.8 Å². The van der Waals surface area contributed by atoms with E-state index in [-0.39, 0.29) is 29.3 Å². The van der Waals surface area contributed by atoms with Crippen LogP contribution in [0.25, 0.3) is 0 Å². The maximum Gasteiger partial charge on any atom is 0.509 e. The summed E-state index contributed by atoms with van der Waals surface area (Å²) in [4.78, 5) is 35.7. The summed E-state index contributed by atoms with van der Waals surface area (Å²) in [5.74, 6) is -0.587. The van der Waals surface area contributed by atoms with E-state index in [0.717, 1.165) is 11.8 Å². The minimum Gasteiger partial charge on any atom is -0.434 e. The van der Waals surface area contributed by atoms with E-state index in [4.69, 9.17) is 9.47 Å². The number of ketones is 1. The van der Waals surface area contributed by atoms with Crippen molar-refractivity contribution in [1.29, 1.82) is 0 Å². The van der Waals surface area contributed by atoms with E-state index in [9.17, 15) is 14.4 Å². The molecular weight excluding hydrogens is 292 g/mol. The Labute approximate surface area is 131 Å². The number of Topliss-reactive ketones (excluding diaryl/α,β-unsaturated/α-hetero) is 1. The standard InChI is InChI=1S/C15H26O5S/c1-7-21-14(17)11(6)12(16)13(10(4)5)20-15(18)19-8-9(2)3/h9-11,13H,7-8H2,1-6H3/t11?,13-/m0/s1. The smallest absolute Gasteiger partial charge is 0.434 e. The fourth-order valence-electron chi connectivity index (χ4n) is 1.52. The van der Waals surface area contributed by atoms with E-state index in [0.29, 0.717) is 5.75 Å². The average Bonchev–Trinajstić information content (AvgIpc) is 2.40. The lowest BCUT2D eigenvalue weighted by Crippen LogP contribution is -2.38. The van der Waals surface area contributed by atoms with Crippen LogP contribution in [-0.4, -0.2) is 35.5 Å². The van der Waals surface area contributed by atoms with Crippen LogP contribution in [0, 0.1) is 17.8 Å². The van der Waals surface area contributed by atoms with Gasteiger partial charge in [-0.2, -0.15) is 0 Å². The van der Waals surface area contributed by atoms with Gasteiger partial charge in [0.25, 0.3) is 0 Å². The molecule has 0 heterocycles. The normalized spacial score (nSPS) is 13.9. The molecule has 0 rings (SSSR count). The summed E-state index contributed by atoms with van der Waals surface area (Å²) in [6, 6.07) is 0. The Morgan fingerprint density at radius 3 is 2.05 bits per heavy atom. The first-order chi connectivity index (χ1) is 9.70. The molecule has 122 valence electrons. The van der Waals surface area contributed by atoms with E-state index in [2.05, 4.69) is 0 Å². The second-order valence-electron chi connectivity index (χ2n) is 5.61. The molecule has 0 spiro atoms. The number of ether oxygens (including phenoxy) is 2. The van der Waals surface area contributed by atoms with Crippen LogP contribution in [0.2, 0.25) is 0 Å². The molecule has 0 saturated carbocycles. The van der Waals surface area contributed by atoms with Crippen molar-refractivity contribution in [2.75, 3.05) is 12.4 Å². The summed E-state index contributed by atoms with van der Waals surface area (Å²) < 4.78 is 10.0. The molecule has 0 aromatic rings. The zero-order valence-corrected chi connectivity index (χ0v) is 14.5. The fourth-order valence-corrected chi connectivity index (χ4v) is 2.18. The van der Waals surface area contributed by atoms with Gasteiger partial charge in [0.15, 0.2) is 17.0 Å². The number of hydrogen-bond acceptors (Lipinski definition) is 6. The van der Waals surface area contributed by atoms with Crippen molar-refractivity contribution in [3.05, 3.63) is 0 Å². The topological polar surface area (TPSA) is 69.7 Å². The first kappa shape index (κ1) is 20.0. The lowest BCUT2D eigenvalue weighted by Gasteiger charge is -2.22. The highest BCUT2D eigenvalue weighted by atomic mass is 32.2. The Hall–Kier alpha value is -1.04. The highest BCUT2D eigenvalue weighted by molar-refractivity contribution is 8.13. The van der Waals surface area contributed by atoms with Gasteiger partial charge < -0.3 is 9.47 Å². The molecule has 0 bridgehead atoms. The van der Waals surface area contributed by atoms with Gasteiger partial charge in [0, 0.05) is 0 Å². The van der Waals surface area contributed by atoms with E-state index in [1.165, 1.54) is 0 Å². The SMILES string of the molecule is CCSC(=O)C(C)C(=O)[C@@H](OC(=O)OCC(C)C)C(C)C. The first-order valence-electron chi connectivity index (χ1n) is 7.24. The number of rotatable bonds is 8. The van der Waals surface area contributed by atoms with Crippen molar-refractivity contribution < 1.29 is 23.9 Å². The van der Waals surface area contributed by atoms with Crippen molar-refractivity contribution in [2.45, 2.75) is 47.6 Å². The third kappa shape index (κ3) is 7.50. The molecule has 5 nitrogen and oxygen atoms in total. The van der Waals surface area contributed by atoms with Crippen molar-refractivity contribution in [1.82, 2.24) is 0 Å². The Balaban J connectivity index is 4.70. The quantitative estimate of drug-likeness (QED) is 0.505.